The fourth-order valence-corrected chi connectivity index (χ4v) is 1.09. The quantitative estimate of drug-likeness (QED) is 0.510. The average molecular weight is 182 g/mol. The molecule has 0 saturated heterocycles. The Morgan fingerprint density at radius 2 is 1.55 bits per heavy atom. The molecular weight excluding hydrogens is 176 g/mol. The monoisotopic (exact) mass is 182 g/mol. The minimum Gasteiger partial charge on any atom is -0.282 e. The van der Waals surface area contributed by atoms with Crippen LogP contribution in [0.2, 0.25) is 0 Å². The van der Waals surface area contributed by atoms with E-state index in [9.17, 15) is 8.42 Å². The van der Waals surface area contributed by atoms with E-state index in [-0.39, 0.29) is 27.9 Å². The molecule has 0 radical (unpaired) electrons. The van der Waals surface area contributed by atoms with Crippen molar-refractivity contribution >= 4 is 33.2 Å². The fraction of sp³-hybridized carbons (Fsp3) is 0. The molecule has 0 heterocycles. The molecule has 1 rings (SSSR count). The summed E-state index contributed by atoms with van der Waals surface area (Å²) in [7, 11) is -4.00. The van der Waals surface area contributed by atoms with Crippen LogP contribution in [0.5, 0.6) is 0 Å². The molecule has 3 nitrogen and oxygen atoms in total. The molecule has 54 valence electrons. The number of hydrogen-bond donors (Lipinski definition) is 1. The van der Waals surface area contributed by atoms with E-state index in [0.29, 0.717) is 0 Å². The summed E-state index contributed by atoms with van der Waals surface area (Å²) in [6.07, 6.45) is 0. The van der Waals surface area contributed by atoms with Crippen molar-refractivity contribution < 1.29 is 13.0 Å². The molecule has 0 aliphatic rings. The van der Waals surface area contributed by atoms with Gasteiger partial charge in [0.05, 0.1) is 4.90 Å². The normalized spacial score (nSPS) is 10.3. The first-order chi connectivity index (χ1) is 4.61. The Bertz CT molecular complexity index is 306. The maximum Gasteiger partial charge on any atom is 2.00 e. The molecule has 0 saturated carbocycles. The molecule has 0 unspecified atom stereocenters. The summed E-state index contributed by atoms with van der Waals surface area (Å²) in [6, 6.07) is 7.42. The third-order valence-electron chi connectivity index (χ3n) is 1.04. The molecule has 0 fully saturated rings. The van der Waals surface area contributed by atoms with Gasteiger partial charge >= 0.3 is 23.1 Å². The van der Waals surface area contributed by atoms with Crippen LogP contribution in [-0.2, 0) is 10.1 Å². The maximum atomic E-state index is 10.4. The first-order valence-electron chi connectivity index (χ1n) is 2.63. The van der Waals surface area contributed by atoms with Gasteiger partial charge in [0.15, 0.2) is 0 Å². The molecular formula is C6H6MgO3S+2. The zero-order valence-corrected chi connectivity index (χ0v) is 8.00. The van der Waals surface area contributed by atoms with Crippen LogP contribution in [0, 0.1) is 0 Å². The molecule has 1 aromatic rings. The Morgan fingerprint density at radius 1 is 1.09 bits per heavy atom. The molecule has 11 heavy (non-hydrogen) atoms. The molecule has 0 spiro atoms. The van der Waals surface area contributed by atoms with Crippen LogP contribution in [-0.4, -0.2) is 36.0 Å². The van der Waals surface area contributed by atoms with Gasteiger partial charge in [-0.2, -0.15) is 8.42 Å². The second-order valence-electron chi connectivity index (χ2n) is 1.79. The molecule has 1 N–H and O–H groups in total. The van der Waals surface area contributed by atoms with E-state index in [1.54, 1.807) is 18.2 Å². The largest absolute Gasteiger partial charge is 2.00 e. The van der Waals surface area contributed by atoms with Gasteiger partial charge in [-0.3, -0.25) is 4.55 Å². The van der Waals surface area contributed by atoms with Crippen LogP contribution in [0.4, 0.5) is 0 Å². The molecule has 0 aliphatic heterocycles. The zero-order chi connectivity index (χ0) is 7.61. The van der Waals surface area contributed by atoms with Crippen LogP contribution < -0.4 is 0 Å². The third-order valence-corrected chi connectivity index (χ3v) is 1.91. The van der Waals surface area contributed by atoms with Crippen molar-refractivity contribution in [1.29, 1.82) is 0 Å². The maximum absolute atomic E-state index is 10.4. The summed E-state index contributed by atoms with van der Waals surface area (Å²) >= 11 is 0. The minimum atomic E-state index is -4.00. The van der Waals surface area contributed by atoms with E-state index < -0.39 is 10.1 Å². The first-order valence-corrected chi connectivity index (χ1v) is 4.07. The van der Waals surface area contributed by atoms with Crippen molar-refractivity contribution in [2.24, 2.45) is 0 Å². The van der Waals surface area contributed by atoms with E-state index in [2.05, 4.69) is 0 Å². The summed E-state index contributed by atoms with van der Waals surface area (Å²) in [5.74, 6) is 0. The van der Waals surface area contributed by atoms with Crippen LogP contribution in [0.3, 0.4) is 0 Å². The third kappa shape index (κ3) is 3.20. The molecule has 5 heteroatoms. The topological polar surface area (TPSA) is 54.4 Å². The molecule has 0 bridgehead atoms. The van der Waals surface area contributed by atoms with Gasteiger partial charge in [-0.05, 0) is 12.1 Å². The van der Waals surface area contributed by atoms with Gasteiger partial charge in [-0.25, -0.2) is 0 Å². The smallest absolute Gasteiger partial charge is 0.282 e. The van der Waals surface area contributed by atoms with Crippen molar-refractivity contribution in [3.8, 4) is 0 Å². The Balaban J connectivity index is 0.000001000. The average Bonchev–Trinajstić information content (AvgIpc) is 1.88. The summed E-state index contributed by atoms with van der Waals surface area (Å²) < 4.78 is 29.2. The van der Waals surface area contributed by atoms with Gasteiger partial charge < -0.3 is 0 Å². The van der Waals surface area contributed by atoms with E-state index in [1.807, 2.05) is 0 Å². The van der Waals surface area contributed by atoms with Gasteiger partial charge in [-0.15, -0.1) is 0 Å². The summed E-state index contributed by atoms with van der Waals surface area (Å²) in [6.45, 7) is 0. The first kappa shape index (κ1) is 10.9. The second kappa shape index (κ2) is 4.06. The van der Waals surface area contributed by atoms with Crippen molar-refractivity contribution in [2.75, 3.05) is 0 Å². The Labute approximate surface area is 81.3 Å². The van der Waals surface area contributed by atoms with Crippen molar-refractivity contribution in [1.82, 2.24) is 0 Å². The van der Waals surface area contributed by atoms with E-state index in [0.717, 1.165) is 0 Å². The molecule has 0 atom stereocenters. The Kier molecular flexibility index (Phi) is 4.02. The van der Waals surface area contributed by atoms with Crippen LogP contribution in [0.1, 0.15) is 0 Å². The SMILES string of the molecule is O=S(=O)(O)c1ccccc1.[Mg+2]. The standard InChI is InChI=1S/C6H6O3S.Mg/c7-10(8,9)6-4-2-1-3-5-6;/h1-5H,(H,7,8,9);/q;+2. The second-order valence-corrected chi connectivity index (χ2v) is 3.21. The number of benzene rings is 1. The predicted molar refractivity (Wildman–Crippen MR) is 42.0 cm³/mol. The summed E-state index contributed by atoms with van der Waals surface area (Å²) in [5.41, 5.74) is 0. The van der Waals surface area contributed by atoms with Gasteiger partial charge in [-0.1, -0.05) is 18.2 Å². The van der Waals surface area contributed by atoms with Crippen molar-refractivity contribution in [2.45, 2.75) is 4.90 Å². The molecule has 0 amide bonds. The summed E-state index contributed by atoms with van der Waals surface area (Å²) in [4.78, 5) is -0.0741. The van der Waals surface area contributed by atoms with Gasteiger partial charge in [0.2, 0.25) is 0 Å². The molecule has 1 aromatic carbocycles. The van der Waals surface area contributed by atoms with Gasteiger partial charge in [0.1, 0.15) is 0 Å². The van der Waals surface area contributed by atoms with Gasteiger partial charge in [0, 0.05) is 0 Å². The molecule has 0 aromatic heterocycles. The van der Waals surface area contributed by atoms with Crippen LogP contribution >= 0.6 is 0 Å². The number of hydrogen-bond acceptors (Lipinski definition) is 2. The van der Waals surface area contributed by atoms with Crippen LogP contribution in [0.25, 0.3) is 0 Å². The zero-order valence-electron chi connectivity index (χ0n) is 5.77. The molecule has 0 aliphatic carbocycles. The van der Waals surface area contributed by atoms with E-state index in [1.165, 1.54) is 12.1 Å². The van der Waals surface area contributed by atoms with E-state index >= 15 is 0 Å². The van der Waals surface area contributed by atoms with E-state index in [4.69, 9.17) is 4.55 Å². The minimum absolute atomic E-state index is 0. The van der Waals surface area contributed by atoms with Gasteiger partial charge in [0.25, 0.3) is 10.1 Å². The van der Waals surface area contributed by atoms with Crippen LogP contribution in [0.15, 0.2) is 35.2 Å². The predicted octanol–water partition coefficient (Wildman–Crippen LogP) is 0.553. The number of rotatable bonds is 1. The fourth-order valence-electron chi connectivity index (χ4n) is 0.592. The summed E-state index contributed by atoms with van der Waals surface area (Å²) in [5, 5.41) is 0. The van der Waals surface area contributed by atoms with Crippen molar-refractivity contribution in [3.05, 3.63) is 30.3 Å². The van der Waals surface area contributed by atoms with Crippen molar-refractivity contribution in [3.63, 3.8) is 0 Å². The Morgan fingerprint density at radius 3 is 1.82 bits per heavy atom. The Hall–Kier alpha value is -0.104.